The van der Waals surface area contributed by atoms with Crippen LogP contribution in [0.5, 0.6) is 0 Å². The van der Waals surface area contributed by atoms with Crippen LogP contribution < -0.4 is 21.3 Å². The van der Waals surface area contributed by atoms with Gasteiger partial charge >= 0.3 is 0 Å². The molecule has 0 aromatic carbocycles. The number of rotatable bonds is 13. The lowest BCUT2D eigenvalue weighted by molar-refractivity contribution is -0.146. The summed E-state index contributed by atoms with van der Waals surface area (Å²) in [4.78, 5) is 87.7. The Labute approximate surface area is 323 Å². The number of hydrogen-bond donors (Lipinski definition) is 4. The summed E-state index contributed by atoms with van der Waals surface area (Å²) in [5.41, 5.74) is -1.74. The van der Waals surface area contributed by atoms with Gasteiger partial charge in [0.25, 0.3) is 5.91 Å². The largest absolute Gasteiger partial charge is 0.347 e. The molecule has 0 radical (unpaired) electrons. The van der Waals surface area contributed by atoms with Gasteiger partial charge in [-0.3, -0.25) is 33.7 Å². The molecule has 304 valence electrons. The minimum absolute atomic E-state index is 0.00738. The van der Waals surface area contributed by atoms with Crippen LogP contribution in [0.25, 0.3) is 0 Å². The first-order valence-corrected chi connectivity index (χ1v) is 21.0. The zero-order valence-corrected chi connectivity index (χ0v) is 34.9. The molecule has 54 heavy (non-hydrogen) atoms. The standard InChI is InChI=1S/C42H70N6O6/c1-11-17-27(30(49)35(52)43-26-18-15-19-26)44-34(51)29-24-42(40(9,10)41(42)21-16-22-41)25-48(29)37(54)32(39(6,7)8)46-36(53)31(38(3,4)5)45-33(50)28-20-13-14-23-47(28)12-2/h26-29,31-32H,11-25H2,1-10H3,(H,43,52)(H,44,51)(H,45,50)(H,46,53)/t27-,28-,29-,31+,32+,42+/m0/s1. The van der Waals surface area contributed by atoms with Crippen LogP contribution in [-0.4, -0.2) is 101 Å². The third-order valence-electron chi connectivity index (χ3n) is 14.4. The van der Waals surface area contributed by atoms with Crippen molar-refractivity contribution >= 4 is 35.3 Å². The number of ketones is 1. The number of Topliss-reactive ketones (excluding diaryl/α,β-unsaturated/α-hetero) is 1. The van der Waals surface area contributed by atoms with E-state index in [9.17, 15) is 24.0 Å². The van der Waals surface area contributed by atoms with E-state index >= 15 is 4.79 Å². The van der Waals surface area contributed by atoms with Crippen molar-refractivity contribution in [2.24, 2.45) is 27.1 Å². The quantitative estimate of drug-likeness (QED) is 0.205. The van der Waals surface area contributed by atoms with Gasteiger partial charge in [-0.1, -0.05) is 88.5 Å². The first-order valence-electron chi connectivity index (χ1n) is 21.0. The molecule has 4 N–H and O–H groups in total. The Morgan fingerprint density at radius 3 is 1.87 bits per heavy atom. The van der Waals surface area contributed by atoms with Gasteiger partial charge < -0.3 is 26.2 Å². The predicted molar refractivity (Wildman–Crippen MR) is 208 cm³/mol. The molecule has 5 fully saturated rings. The van der Waals surface area contributed by atoms with Crippen LogP contribution in [0.4, 0.5) is 0 Å². The number of nitrogens with one attached hydrogen (secondary N) is 4. The maximum absolute atomic E-state index is 15.0. The van der Waals surface area contributed by atoms with Crippen molar-refractivity contribution < 1.29 is 28.8 Å². The van der Waals surface area contributed by atoms with Crippen molar-refractivity contribution in [3.05, 3.63) is 0 Å². The van der Waals surface area contributed by atoms with Crippen molar-refractivity contribution in [2.75, 3.05) is 19.6 Å². The molecule has 2 aliphatic heterocycles. The highest BCUT2D eigenvalue weighted by Gasteiger charge is 2.85. The number of piperidine rings is 1. The summed E-state index contributed by atoms with van der Waals surface area (Å²) in [6, 6.07) is -4.09. The SMILES string of the molecule is CCC[C@H](NC(=O)[C@@H]1C[C@@]2(CN1C(=O)[C@@H](NC(=O)[C@@H](NC(=O)[C@@H]1CCCCN1CC)C(C)(C)C)C(C)(C)C)C(C)(C)C21CCC1)C(=O)C(=O)NC1CCC1. The normalized spacial score (nSPS) is 27.9. The molecule has 0 aromatic heterocycles. The van der Waals surface area contributed by atoms with E-state index in [1.54, 1.807) is 4.90 Å². The lowest BCUT2D eigenvalue weighted by Gasteiger charge is -2.39. The van der Waals surface area contributed by atoms with Crippen LogP contribution >= 0.6 is 0 Å². The number of carbonyl (C=O) groups is 6. The van der Waals surface area contributed by atoms with Crippen LogP contribution in [-0.2, 0) is 28.8 Å². The highest BCUT2D eigenvalue weighted by Crippen LogP contribution is 2.88. The van der Waals surface area contributed by atoms with Crippen LogP contribution in [0.3, 0.4) is 0 Å². The summed E-state index contributed by atoms with van der Waals surface area (Å²) in [6.07, 6.45) is 9.95. The smallest absolute Gasteiger partial charge is 0.289 e. The zero-order valence-electron chi connectivity index (χ0n) is 34.9. The highest BCUT2D eigenvalue weighted by atomic mass is 16.2. The molecule has 12 nitrogen and oxygen atoms in total. The van der Waals surface area contributed by atoms with Gasteiger partial charge in [-0.15, -0.1) is 0 Å². The summed E-state index contributed by atoms with van der Waals surface area (Å²) in [5.74, 6) is -2.74. The highest BCUT2D eigenvalue weighted by molar-refractivity contribution is 6.38. The Balaban J connectivity index is 1.40. The van der Waals surface area contributed by atoms with Gasteiger partial charge in [0, 0.05) is 18.0 Å². The van der Waals surface area contributed by atoms with Crippen LogP contribution in [0.2, 0.25) is 0 Å². The monoisotopic (exact) mass is 755 g/mol. The number of amides is 5. The fourth-order valence-electron chi connectivity index (χ4n) is 10.5. The van der Waals surface area contributed by atoms with Gasteiger partial charge in [-0.05, 0) is 92.5 Å². The van der Waals surface area contributed by atoms with Crippen molar-refractivity contribution in [1.82, 2.24) is 31.1 Å². The van der Waals surface area contributed by atoms with E-state index in [-0.39, 0.29) is 40.1 Å². The fraction of sp³-hybridized carbons (Fsp3) is 0.857. The second-order valence-electron chi connectivity index (χ2n) is 19.9. The molecular weight excluding hydrogens is 684 g/mol. The summed E-state index contributed by atoms with van der Waals surface area (Å²) in [5, 5.41) is 11.9. The summed E-state index contributed by atoms with van der Waals surface area (Å²) in [6.45, 7) is 21.8. The lowest BCUT2D eigenvalue weighted by atomic mass is 9.73. The van der Waals surface area contributed by atoms with E-state index in [0.717, 1.165) is 70.9 Å². The Morgan fingerprint density at radius 2 is 1.37 bits per heavy atom. The molecule has 3 saturated carbocycles. The van der Waals surface area contributed by atoms with Crippen molar-refractivity contribution in [2.45, 2.75) is 183 Å². The van der Waals surface area contributed by atoms with Gasteiger partial charge in [0.1, 0.15) is 18.1 Å². The Hall–Kier alpha value is -3.02. The predicted octanol–water partition coefficient (Wildman–Crippen LogP) is 4.24. The molecule has 6 atom stereocenters. The molecule has 2 spiro atoms. The van der Waals surface area contributed by atoms with E-state index in [2.05, 4.69) is 40.0 Å². The molecule has 5 amide bonds. The first kappa shape index (κ1) is 42.1. The minimum Gasteiger partial charge on any atom is -0.347 e. The molecule has 2 heterocycles. The maximum Gasteiger partial charge on any atom is 0.289 e. The van der Waals surface area contributed by atoms with Gasteiger partial charge in [0.2, 0.25) is 29.4 Å². The van der Waals surface area contributed by atoms with E-state index in [1.807, 2.05) is 55.4 Å². The molecule has 5 rings (SSSR count). The second-order valence-corrected chi connectivity index (χ2v) is 19.9. The number of hydrogen-bond acceptors (Lipinski definition) is 7. The van der Waals surface area contributed by atoms with Gasteiger partial charge in [-0.2, -0.15) is 0 Å². The Kier molecular flexibility index (Phi) is 12.1. The molecule has 5 aliphatic rings. The van der Waals surface area contributed by atoms with Crippen LogP contribution in [0, 0.1) is 27.1 Å². The van der Waals surface area contributed by atoms with Gasteiger partial charge in [-0.25, -0.2) is 0 Å². The topological polar surface area (TPSA) is 157 Å². The van der Waals surface area contributed by atoms with Crippen molar-refractivity contribution in [1.29, 1.82) is 0 Å². The Morgan fingerprint density at radius 1 is 0.741 bits per heavy atom. The zero-order chi connectivity index (χ0) is 40.0. The third kappa shape index (κ3) is 7.58. The number of likely N-dealkylation sites (N-methyl/N-ethyl adjacent to an activating group) is 1. The molecule has 0 bridgehead atoms. The van der Waals surface area contributed by atoms with Gasteiger partial charge in [0.15, 0.2) is 0 Å². The Bertz CT molecular complexity index is 1470. The molecular formula is C42H70N6O6. The molecule has 2 saturated heterocycles. The number of carbonyl (C=O) groups excluding carboxylic acids is 6. The average Bonchev–Trinajstić information content (AvgIpc) is 3.27. The van der Waals surface area contributed by atoms with E-state index < -0.39 is 58.5 Å². The molecule has 3 aliphatic carbocycles. The van der Waals surface area contributed by atoms with E-state index in [1.165, 1.54) is 0 Å². The van der Waals surface area contributed by atoms with Gasteiger partial charge in [0.05, 0.1) is 12.1 Å². The summed E-state index contributed by atoms with van der Waals surface area (Å²) < 4.78 is 0. The third-order valence-corrected chi connectivity index (χ3v) is 14.4. The summed E-state index contributed by atoms with van der Waals surface area (Å²) >= 11 is 0. The average molecular weight is 755 g/mol. The number of fused-ring (bicyclic) bond motifs is 1. The van der Waals surface area contributed by atoms with Crippen LogP contribution in [0.1, 0.15) is 146 Å². The van der Waals surface area contributed by atoms with E-state index in [0.29, 0.717) is 25.8 Å². The fourth-order valence-corrected chi connectivity index (χ4v) is 10.5. The van der Waals surface area contributed by atoms with Crippen LogP contribution in [0.15, 0.2) is 0 Å². The van der Waals surface area contributed by atoms with E-state index in [4.69, 9.17) is 0 Å². The van der Waals surface area contributed by atoms with Crippen molar-refractivity contribution in [3.8, 4) is 0 Å². The molecule has 0 unspecified atom stereocenters. The molecule has 0 aromatic rings. The van der Waals surface area contributed by atoms with Crippen molar-refractivity contribution in [3.63, 3.8) is 0 Å². The first-order chi connectivity index (χ1) is 25.2. The number of likely N-dealkylation sites (tertiary alicyclic amines) is 2. The molecule has 12 heteroatoms. The lowest BCUT2D eigenvalue weighted by Crippen LogP contribution is -2.63. The number of nitrogens with zero attached hydrogens (tertiary/aromatic N) is 2. The minimum atomic E-state index is -1.00. The maximum atomic E-state index is 15.0. The summed E-state index contributed by atoms with van der Waals surface area (Å²) in [7, 11) is 0. The second kappa shape index (κ2) is 15.5.